The van der Waals surface area contributed by atoms with Gasteiger partial charge in [-0.2, -0.15) is 0 Å². The average molecular weight is 359 g/mol. The average Bonchev–Trinajstić information content (AvgIpc) is 2.71. The van der Waals surface area contributed by atoms with Crippen LogP contribution < -0.4 is 14.9 Å². The van der Waals surface area contributed by atoms with Gasteiger partial charge in [0.05, 0.1) is 18.1 Å². The molecular weight excluding hydrogens is 342 g/mol. The number of benzene rings is 3. The van der Waals surface area contributed by atoms with E-state index in [0.717, 1.165) is 0 Å². The molecule has 0 saturated heterocycles. The second-order valence-electron chi connectivity index (χ2n) is 6.07. The molecule has 0 saturated carbocycles. The molecular formula is C22H17NO4. The first kappa shape index (κ1) is 16.8. The number of fused-ring (bicyclic) bond motifs is 2. The van der Waals surface area contributed by atoms with Crippen molar-refractivity contribution in [2.75, 3.05) is 7.11 Å². The Hall–Kier alpha value is -3.60. The van der Waals surface area contributed by atoms with Crippen molar-refractivity contribution < 1.29 is 14.3 Å². The van der Waals surface area contributed by atoms with E-state index < -0.39 is 5.97 Å². The van der Waals surface area contributed by atoms with Crippen LogP contribution >= 0.6 is 0 Å². The maximum atomic E-state index is 12.8. The van der Waals surface area contributed by atoms with Crippen LogP contribution in [0.25, 0.3) is 21.8 Å². The lowest BCUT2D eigenvalue weighted by molar-refractivity contribution is -0.135. The number of esters is 1. The molecule has 0 radical (unpaired) electrons. The molecule has 5 heteroatoms. The highest BCUT2D eigenvalue weighted by Crippen LogP contribution is 2.26. The van der Waals surface area contributed by atoms with E-state index in [2.05, 4.69) is 0 Å². The summed E-state index contributed by atoms with van der Waals surface area (Å²) in [7, 11) is 1.52. The molecule has 0 aliphatic heterocycles. The molecule has 0 aliphatic carbocycles. The Morgan fingerprint density at radius 2 is 1.33 bits per heavy atom. The van der Waals surface area contributed by atoms with Crippen LogP contribution in [0.4, 0.5) is 0 Å². The standard InChI is InChI=1S/C22H17NO4/c1-26-19-12-6-7-13-20(19)27-21(24)14-23-17-10-4-2-8-15(17)22(25)16-9-3-5-11-18(16)23/h2-13H,14H2,1H3. The fourth-order valence-electron chi connectivity index (χ4n) is 3.23. The van der Waals surface area contributed by atoms with E-state index in [1.165, 1.54) is 7.11 Å². The topological polar surface area (TPSA) is 57.5 Å². The first-order valence-electron chi connectivity index (χ1n) is 8.53. The Morgan fingerprint density at radius 3 is 1.93 bits per heavy atom. The van der Waals surface area contributed by atoms with Crippen LogP contribution in [0.3, 0.4) is 0 Å². The smallest absolute Gasteiger partial charge is 0.331 e. The Balaban J connectivity index is 1.80. The summed E-state index contributed by atoms with van der Waals surface area (Å²) < 4.78 is 12.5. The fraction of sp³-hybridized carbons (Fsp3) is 0.0909. The molecule has 4 aromatic rings. The summed E-state index contributed by atoms with van der Waals surface area (Å²) in [5.74, 6) is 0.401. The van der Waals surface area contributed by atoms with Gasteiger partial charge in [0, 0.05) is 10.8 Å². The minimum atomic E-state index is -0.446. The summed E-state index contributed by atoms with van der Waals surface area (Å²) in [4.78, 5) is 25.4. The van der Waals surface area contributed by atoms with E-state index in [4.69, 9.17) is 9.47 Å². The number of para-hydroxylation sites is 4. The van der Waals surface area contributed by atoms with Crippen molar-refractivity contribution in [2.45, 2.75) is 6.54 Å². The molecule has 0 fully saturated rings. The Morgan fingerprint density at radius 1 is 0.815 bits per heavy atom. The number of ether oxygens (including phenoxy) is 2. The molecule has 1 heterocycles. The zero-order valence-corrected chi connectivity index (χ0v) is 14.7. The van der Waals surface area contributed by atoms with Gasteiger partial charge in [-0.15, -0.1) is 0 Å². The molecule has 0 N–H and O–H groups in total. The van der Waals surface area contributed by atoms with Gasteiger partial charge in [0.15, 0.2) is 16.9 Å². The maximum Gasteiger partial charge on any atom is 0.331 e. The second-order valence-corrected chi connectivity index (χ2v) is 6.07. The zero-order chi connectivity index (χ0) is 18.8. The van der Waals surface area contributed by atoms with Gasteiger partial charge in [-0.25, -0.2) is 4.79 Å². The highest BCUT2D eigenvalue weighted by Gasteiger charge is 2.15. The number of methoxy groups -OCH3 is 1. The number of carbonyl (C=O) groups is 1. The largest absolute Gasteiger partial charge is 0.493 e. The first-order valence-corrected chi connectivity index (χ1v) is 8.53. The summed E-state index contributed by atoms with van der Waals surface area (Å²) in [5.41, 5.74) is 1.34. The van der Waals surface area contributed by atoms with Crippen molar-refractivity contribution in [3.05, 3.63) is 83.0 Å². The molecule has 0 aliphatic rings. The minimum absolute atomic E-state index is 0.0284. The Kier molecular flexibility index (Phi) is 4.34. The van der Waals surface area contributed by atoms with E-state index in [1.54, 1.807) is 36.4 Å². The number of hydrogen-bond acceptors (Lipinski definition) is 4. The van der Waals surface area contributed by atoms with Crippen LogP contribution in [0.1, 0.15) is 0 Å². The molecule has 3 aromatic carbocycles. The van der Waals surface area contributed by atoms with Gasteiger partial charge in [-0.3, -0.25) is 4.79 Å². The highest BCUT2D eigenvalue weighted by atomic mass is 16.6. The number of pyridine rings is 1. The maximum absolute atomic E-state index is 12.8. The van der Waals surface area contributed by atoms with Crippen molar-refractivity contribution in [1.82, 2.24) is 4.57 Å². The predicted octanol–water partition coefficient (Wildman–Crippen LogP) is 3.77. The fourth-order valence-corrected chi connectivity index (χ4v) is 3.23. The SMILES string of the molecule is COc1ccccc1OC(=O)Cn1c2ccccc2c(=O)c2ccccc21. The van der Waals surface area contributed by atoms with E-state index in [1.807, 2.05) is 41.0 Å². The zero-order valence-electron chi connectivity index (χ0n) is 14.7. The van der Waals surface area contributed by atoms with Crippen LogP contribution in [0.15, 0.2) is 77.6 Å². The number of aromatic nitrogens is 1. The molecule has 27 heavy (non-hydrogen) atoms. The molecule has 0 amide bonds. The summed E-state index contributed by atoms with van der Waals surface area (Å²) in [6, 6.07) is 21.5. The summed E-state index contributed by atoms with van der Waals surface area (Å²) in [6.45, 7) is -0.0284. The predicted molar refractivity (Wildman–Crippen MR) is 104 cm³/mol. The molecule has 4 rings (SSSR count). The number of rotatable bonds is 4. The van der Waals surface area contributed by atoms with Crippen LogP contribution in [0.5, 0.6) is 11.5 Å². The van der Waals surface area contributed by atoms with Crippen LogP contribution in [-0.4, -0.2) is 17.6 Å². The first-order chi connectivity index (χ1) is 13.2. The van der Waals surface area contributed by atoms with Gasteiger partial charge in [0.1, 0.15) is 6.54 Å². The van der Waals surface area contributed by atoms with E-state index in [9.17, 15) is 9.59 Å². The third-order valence-electron chi connectivity index (χ3n) is 4.46. The monoisotopic (exact) mass is 359 g/mol. The lowest BCUT2D eigenvalue weighted by Gasteiger charge is -2.15. The summed E-state index contributed by atoms with van der Waals surface area (Å²) in [5, 5.41) is 1.14. The number of nitrogens with zero attached hydrogens (tertiary/aromatic N) is 1. The normalized spacial score (nSPS) is 10.9. The lowest BCUT2D eigenvalue weighted by atomic mass is 10.1. The van der Waals surface area contributed by atoms with E-state index in [0.29, 0.717) is 33.3 Å². The molecule has 5 nitrogen and oxygen atoms in total. The van der Waals surface area contributed by atoms with Crippen LogP contribution in [-0.2, 0) is 11.3 Å². The van der Waals surface area contributed by atoms with Crippen molar-refractivity contribution in [3.63, 3.8) is 0 Å². The molecule has 134 valence electrons. The van der Waals surface area contributed by atoms with Gasteiger partial charge >= 0.3 is 5.97 Å². The van der Waals surface area contributed by atoms with Gasteiger partial charge in [0.25, 0.3) is 0 Å². The highest BCUT2D eigenvalue weighted by molar-refractivity contribution is 5.94. The molecule has 0 bridgehead atoms. The quantitative estimate of drug-likeness (QED) is 0.316. The van der Waals surface area contributed by atoms with Crippen LogP contribution in [0.2, 0.25) is 0 Å². The Bertz CT molecular complexity index is 1150. The van der Waals surface area contributed by atoms with E-state index >= 15 is 0 Å². The number of hydrogen-bond donors (Lipinski definition) is 0. The third kappa shape index (κ3) is 3.04. The van der Waals surface area contributed by atoms with Crippen molar-refractivity contribution in [3.8, 4) is 11.5 Å². The molecule has 0 atom stereocenters. The van der Waals surface area contributed by atoms with Gasteiger partial charge in [0.2, 0.25) is 0 Å². The Labute approximate surface area is 155 Å². The van der Waals surface area contributed by atoms with E-state index in [-0.39, 0.29) is 12.0 Å². The molecule has 0 unspecified atom stereocenters. The van der Waals surface area contributed by atoms with Crippen molar-refractivity contribution in [1.29, 1.82) is 0 Å². The van der Waals surface area contributed by atoms with Crippen molar-refractivity contribution >= 4 is 27.8 Å². The van der Waals surface area contributed by atoms with Gasteiger partial charge in [-0.05, 0) is 36.4 Å². The van der Waals surface area contributed by atoms with Crippen molar-refractivity contribution in [2.24, 2.45) is 0 Å². The van der Waals surface area contributed by atoms with Gasteiger partial charge in [-0.1, -0.05) is 36.4 Å². The summed E-state index contributed by atoms with van der Waals surface area (Å²) >= 11 is 0. The van der Waals surface area contributed by atoms with Crippen LogP contribution in [0, 0.1) is 0 Å². The minimum Gasteiger partial charge on any atom is -0.493 e. The number of carbonyl (C=O) groups excluding carboxylic acids is 1. The molecule has 0 spiro atoms. The summed E-state index contributed by atoms with van der Waals surface area (Å²) in [6.07, 6.45) is 0. The lowest BCUT2D eigenvalue weighted by Crippen LogP contribution is -2.20. The molecule has 1 aromatic heterocycles. The van der Waals surface area contributed by atoms with Gasteiger partial charge < -0.3 is 14.0 Å². The second kappa shape index (κ2) is 6.96. The third-order valence-corrected chi connectivity index (χ3v) is 4.46.